The molecule has 2 fully saturated rings. The van der Waals surface area contributed by atoms with Crippen LogP contribution < -0.4 is 0 Å². The SMILES string of the molecule is O=C(O)[C@H]1C=C[C@H]2C[C@@H]3[C@@H](CCCCCc4ccc(O)cc4)[C@@H]4C=C[C@H]1[C@H]2[C@@H]43. The number of allylic oxidation sites excluding steroid dienone is 3. The van der Waals surface area contributed by atoms with Gasteiger partial charge in [-0.2, -0.15) is 0 Å². The van der Waals surface area contributed by atoms with Crippen molar-refractivity contribution in [2.45, 2.75) is 38.5 Å². The predicted molar refractivity (Wildman–Crippen MR) is 109 cm³/mol. The van der Waals surface area contributed by atoms with Crippen molar-refractivity contribution >= 4 is 5.97 Å². The number of phenolic OH excluding ortho intramolecular Hbond substituents is 1. The number of hydrogen-bond acceptors (Lipinski definition) is 2. The fourth-order valence-corrected chi connectivity index (χ4v) is 6.98. The number of unbranched alkanes of at least 4 members (excludes halogenated alkanes) is 2. The molecule has 0 amide bonds. The Hall–Kier alpha value is -2.03. The Balaban J connectivity index is 1.15. The Morgan fingerprint density at radius 3 is 2.50 bits per heavy atom. The van der Waals surface area contributed by atoms with Gasteiger partial charge in [0.15, 0.2) is 0 Å². The smallest absolute Gasteiger partial charge is 0.310 e. The van der Waals surface area contributed by atoms with Gasteiger partial charge in [-0.25, -0.2) is 0 Å². The highest BCUT2D eigenvalue weighted by Crippen LogP contribution is 2.67. The van der Waals surface area contributed by atoms with Crippen LogP contribution in [0, 0.1) is 47.3 Å². The first-order chi connectivity index (χ1) is 13.6. The van der Waals surface area contributed by atoms with Crippen LogP contribution in [0.3, 0.4) is 0 Å². The molecule has 0 unspecified atom stereocenters. The number of carboxylic acid groups (broad SMARTS) is 1. The zero-order chi connectivity index (χ0) is 19.3. The first-order valence-corrected chi connectivity index (χ1v) is 11.0. The Bertz CT molecular complexity index is 793. The first-order valence-electron chi connectivity index (χ1n) is 11.0. The maximum Gasteiger partial charge on any atom is 0.310 e. The summed E-state index contributed by atoms with van der Waals surface area (Å²) in [6, 6.07) is 7.59. The van der Waals surface area contributed by atoms with Crippen LogP contribution in [0.1, 0.15) is 37.7 Å². The molecule has 0 radical (unpaired) electrons. The zero-order valence-corrected chi connectivity index (χ0v) is 16.3. The lowest BCUT2D eigenvalue weighted by atomic mass is 9.50. The zero-order valence-electron chi connectivity index (χ0n) is 16.3. The van der Waals surface area contributed by atoms with Gasteiger partial charge in [-0.1, -0.05) is 49.3 Å². The molecule has 2 N–H and O–H groups in total. The van der Waals surface area contributed by atoms with E-state index in [1.165, 1.54) is 37.7 Å². The first kappa shape index (κ1) is 18.0. The van der Waals surface area contributed by atoms with Crippen LogP contribution in [0.4, 0.5) is 0 Å². The van der Waals surface area contributed by atoms with Gasteiger partial charge in [0.1, 0.15) is 5.75 Å². The monoisotopic (exact) mass is 378 g/mol. The van der Waals surface area contributed by atoms with Gasteiger partial charge in [-0.3, -0.25) is 4.79 Å². The average Bonchev–Trinajstić information content (AvgIpc) is 3.03. The molecule has 148 valence electrons. The van der Waals surface area contributed by atoms with Crippen LogP contribution >= 0.6 is 0 Å². The van der Waals surface area contributed by atoms with Gasteiger partial charge in [0.25, 0.3) is 0 Å². The van der Waals surface area contributed by atoms with Gasteiger partial charge in [0.05, 0.1) is 5.92 Å². The fraction of sp³-hybridized carbons (Fsp3) is 0.560. The molecule has 2 saturated carbocycles. The Labute approximate surface area is 167 Å². The lowest BCUT2D eigenvalue weighted by molar-refractivity contribution is -0.143. The quantitative estimate of drug-likeness (QED) is 0.515. The van der Waals surface area contributed by atoms with E-state index in [4.69, 9.17) is 0 Å². The minimum absolute atomic E-state index is 0.227. The van der Waals surface area contributed by atoms with Crippen LogP contribution in [-0.4, -0.2) is 16.2 Å². The topological polar surface area (TPSA) is 57.5 Å². The lowest BCUT2D eigenvalue weighted by Crippen LogP contribution is -2.50. The third-order valence-electron chi connectivity index (χ3n) is 8.17. The average molecular weight is 379 g/mol. The van der Waals surface area contributed by atoms with Crippen LogP contribution in [-0.2, 0) is 11.2 Å². The molecular weight excluding hydrogens is 348 g/mol. The molecule has 0 bridgehead atoms. The van der Waals surface area contributed by atoms with Crippen molar-refractivity contribution < 1.29 is 15.0 Å². The van der Waals surface area contributed by atoms with Gasteiger partial charge in [-0.15, -0.1) is 0 Å². The second kappa shape index (κ2) is 7.09. The number of phenols is 1. The van der Waals surface area contributed by atoms with Crippen LogP contribution in [0.5, 0.6) is 5.75 Å². The van der Waals surface area contributed by atoms with Gasteiger partial charge >= 0.3 is 5.97 Å². The summed E-state index contributed by atoms with van der Waals surface area (Å²) in [7, 11) is 0. The van der Waals surface area contributed by atoms with Gasteiger partial charge < -0.3 is 10.2 Å². The minimum Gasteiger partial charge on any atom is -0.508 e. The number of aromatic hydroxyl groups is 1. The van der Waals surface area contributed by atoms with E-state index in [-0.39, 0.29) is 11.8 Å². The molecule has 4 aliphatic rings. The Kier molecular flexibility index (Phi) is 4.57. The predicted octanol–water partition coefficient (Wildman–Crippen LogP) is 5.07. The van der Waals surface area contributed by atoms with Crippen molar-refractivity contribution in [1.82, 2.24) is 0 Å². The number of rotatable bonds is 7. The van der Waals surface area contributed by atoms with Crippen LogP contribution in [0.25, 0.3) is 0 Å². The van der Waals surface area contributed by atoms with Gasteiger partial charge in [0.2, 0.25) is 0 Å². The number of benzene rings is 1. The van der Waals surface area contributed by atoms with Crippen molar-refractivity contribution in [3.8, 4) is 5.75 Å². The molecule has 1 aromatic rings. The van der Waals surface area contributed by atoms with Crippen LogP contribution in [0.2, 0.25) is 0 Å². The number of aliphatic carboxylic acids is 1. The van der Waals surface area contributed by atoms with Crippen molar-refractivity contribution in [2.24, 2.45) is 47.3 Å². The van der Waals surface area contributed by atoms with E-state index in [0.717, 1.165) is 24.2 Å². The van der Waals surface area contributed by atoms with E-state index in [0.29, 0.717) is 23.5 Å². The highest BCUT2D eigenvalue weighted by molar-refractivity contribution is 5.73. The van der Waals surface area contributed by atoms with E-state index >= 15 is 0 Å². The van der Waals surface area contributed by atoms with E-state index < -0.39 is 5.97 Å². The number of carbonyl (C=O) groups is 1. The molecule has 8 atom stereocenters. The standard InChI is InChI=1S/C25H30O3/c26-17-9-6-15(7-10-17)4-2-1-3-5-18-19-12-13-20-21(25(27)28)11-8-16-14-22(18)24(19)23(16)20/h6-13,16,18-24,26H,1-5,14H2,(H,27,28)/t16-,18-,19-,20+,21-,22+,23-,24-/m0/s1. The molecule has 0 spiro atoms. The van der Waals surface area contributed by atoms with E-state index in [1.807, 2.05) is 18.2 Å². The van der Waals surface area contributed by atoms with Crippen molar-refractivity contribution in [3.05, 3.63) is 54.1 Å². The molecule has 28 heavy (non-hydrogen) atoms. The molecule has 3 heteroatoms. The van der Waals surface area contributed by atoms with Gasteiger partial charge in [0, 0.05) is 0 Å². The summed E-state index contributed by atoms with van der Waals surface area (Å²) in [5, 5.41) is 18.9. The number of carboxylic acids is 1. The molecule has 0 heterocycles. The summed E-state index contributed by atoms with van der Waals surface area (Å²) in [6.07, 6.45) is 16.3. The molecule has 0 saturated heterocycles. The normalized spacial score (nSPS) is 39.4. The lowest BCUT2D eigenvalue weighted by Gasteiger charge is -2.54. The Morgan fingerprint density at radius 2 is 1.71 bits per heavy atom. The fourth-order valence-electron chi connectivity index (χ4n) is 6.98. The Morgan fingerprint density at radius 1 is 0.929 bits per heavy atom. The second-order valence-corrected chi connectivity index (χ2v) is 9.44. The summed E-state index contributed by atoms with van der Waals surface area (Å²) in [6.45, 7) is 0. The summed E-state index contributed by atoms with van der Waals surface area (Å²) in [4.78, 5) is 11.6. The van der Waals surface area contributed by atoms with Gasteiger partial charge in [-0.05, 0) is 84.8 Å². The maximum absolute atomic E-state index is 11.6. The third-order valence-corrected chi connectivity index (χ3v) is 8.17. The molecular formula is C25H30O3. The van der Waals surface area contributed by atoms with E-state index in [1.54, 1.807) is 12.1 Å². The van der Waals surface area contributed by atoms with E-state index in [2.05, 4.69) is 18.2 Å². The van der Waals surface area contributed by atoms with E-state index in [9.17, 15) is 15.0 Å². The summed E-state index contributed by atoms with van der Waals surface area (Å²) in [5.41, 5.74) is 1.31. The minimum atomic E-state index is -0.657. The molecule has 1 aromatic carbocycles. The number of hydrogen-bond donors (Lipinski definition) is 2. The molecule has 3 nitrogen and oxygen atoms in total. The second-order valence-electron chi connectivity index (χ2n) is 9.44. The maximum atomic E-state index is 11.6. The summed E-state index contributed by atoms with van der Waals surface area (Å²) >= 11 is 0. The number of aryl methyl sites for hydroxylation is 1. The molecule has 5 rings (SSSR count). The summed E-state index contributed by atoms with van der Waals surface area (Å²) in [5.74, 6) is 3.88. The highest BCUT2D eigenvalue weighted by Gasteiger charge is 2.62. The highest BCUT2D eigenvalue weighted by atomic mass is 16.4. The molecule has 0 aliphatic heterocycles. The molecule has 0 aromatic heterocycles. The summed E-state index contributed by atoms with van der Waals surface area (Å²) < 4.78 is 0. The van der Waals surface area contributed by atoms with Crippen molar-refractivity contribution in [2.75, 3.05) is 0 Å². The van der Waals surface area contributed by atoms with Crippen molar-refractivity contribution in [3.63, 3.8) is 0 Å². The largest absolute Gasteiger partial charge is 0.508 e. The van der Waals surface area contributed by atoms with Crippen molar-refractivity contribution in [1.29, 1.82) is 0 Å². The molecule has 4 aliphatic carbocycles. The van der Waals surface area contributed by atoms with Crippen LogP contribution in [0.15, 0.2) is 48.6 Å². The third kappa shape index (κ3) is 2.91.